The van der Waals surface area contributed by atoms with E-state index in [0.717, 1.165) is 0 Å². The third-order valence-electron chi connectivity index (χ3n) is 3.23. The van der Waals surface area contributed by atoms with Crippen LogP contribution in [0.15, 0.2) is 52.4 Å². The van der Waals surface area contributed by atoms with Crippen molar-refractivity contribution in [2.45, 2.75) is 0 Å². The van der Waals surface area contributed by atoms with E-state index in [1.165, 1.54) is 31.0 Å². The number of halogens is 1. The van der Waals surface area contributed by atoms with Gasteiger partial charge in [0.2, 0.25) is 0 Å². The van der Waals surface area contributed by atoms with Crippen molar-refractivity contribution in [3.8, 4) is 11.5 Å². The molecule has 0 bridgehead atoms. The standard InChI is InChI=1S/C17H13ClN2O3S/c1-23-14-9-11(21)7-6-10(14)8-15-16(22)20-17(24-15)19-13-5-3-2-4-12(13)18/h2-9,21H,1H3,(H,19,20,22)/b15-8-. The van der Waals surface area contributed by atoms with Crippen molar-refractivity contribution in [3.05, 3.63) is 58.0 Å². The first-order chi connectivity index (χ1) is 11.6. The lowest BCUT2D eigenvalue weighted by atomic mass is 10.1. The van der Waals surface area contributed by atoms with Crippen molar-refractivity contribution in [2.75, 3.05) is 7.11 Å². The maximum Gasteiger partial charge on any atom is 0.264 e. The maximum absolute atomic E-state index is 12.1. The molecule has 0 aliphatic carbocycles. The minimum absolute atomic E-state index is 0.0958. The van der Waals surface area contributed by atoms with Crippen LogP contribution in [0.2, 0.25) is 5.02 Å². The number of methoxy groups -OCH3 is 1. The molecule has 1 aliphatic rings. The zero-order chi connectivity index (χ0) is 17.1. The third kappa shape index (κ3) is 3.55. The number of carbonyl (C=O) groups is 1. The fourth-order valence-corrected chi connectivity index (χ4v) is 3.10. The number of nitrogens with one attached hydrogen (secondary N) is 1. The summed E-state index contributed by atoms with van der Waals surface area (Å²) in [5, 5.41) is 13.2. The van der Waals surface area contributed by atoms with Crippen LogP contribution in [0, 0.1) is 0 Å². The van der Waals surface area contributed by atoms with Crippen molar-refractivity contribution in [3.63, 3.8) is 0 Å². The Morgan fingerprint density at radius 3 is 2.83 bits per heavy atom. The molecule has 1 fully saturated rings. The monoisotopic (exact) mass is 360 g/mol. The van der Waals surface area contributed by atoms with Gasteiger partial charge in [0.25, 0.3) is 5.91 Å². The highest BCUT2D eigenvalue weighted by Crippen LogP contribution is 2.33. The molecule has 1 saturated heterocycles. The van der Waals surface area contributed by atoms with Crippen molar-refractivity contribution in [1.82, 2.24) is 5.32 Å². The number of para-hydroxylation sites is 1. The van der Waals surface area contributed by atoms with E-state index in [1.54, 1.807) is 24.3 Å². The number of rotatable bonds is 3. The van der Waals surface area contributed by atoms with Gasteiger partial charge in [0.15, 0.2) is 5.17 Å². The minimum atomic E-state index is -0.249. The molecule has 2 N–H and O–H groups in total. The molecule has 1 amide bonds. The highest BCUT2D eigenvalue weighted by molar-refractivity contribution is 8.18. The Bertz CT molecular complexity index is 865. The normalized spacial score (nSPS) is 17.3. The van der Waals surface area contributed by atoms with E-state index in [9.17, 15) is 9.90 Å². The fourth-order valence-electron chi connectivity index (χ4n) is 2.09. The molecule has 0 aromatic heterocycles. The zero-order valence-electron chi connectivity index (χ0n) is 12.6. The Morgan fingerprint density at radius 2 is 2.08 bits per heavy atom. The van der Waals surface area contributed by atoms with Crippen LogP contribution in [0.5, 0.6) is 11.5 Å². The lowest BCUT2D eigenvalue weighted by Crippen LogP contribution is -2.19. The number of amides is 1. The van der Waals surface area contributed by atoms with Crippen LogP contribution < -0.4 is 10.1 Å². The van der Waals surface area contributed by atoms with Gasteiger partial charge >= 0.3 is 0 Å². The van der Waals surface area contributed by atoms with E-state index >= 15 is 0 Å². The number of ether oxygens (including phenoxy) is 1. The molecule has 0 radical (unpaired) electrons. The summed E-state index contributed by atoms with van der Waals surface area (Å²) in [5.41, 5.74) is 1.28. The molecule has 0 saturated carbocycles. The third-order valence-corrected chi connectivity index (χ3v) is 4.46. The molecule has 2 aromatic rings. The second-order valence-electron chi connectivity index (χ2n) is 4.86. The Balaban J connectivity index is 1.89. The van der Waals surface area contributed by atoms with Crippen molar-refractivity contribution < 1.29 is 14.6 Å². The van der Waals surface area contributed by atoms with Crippen LogP contribution >= 0.6 is 23.4 Å². The number of hydrogen-bond acceptors (Lipinski definition) is 5. The Kier molecular flexibility index (Phi) is 4.78. The summed E-state index contributed by atoms with van der Waals surface area (Å²) in [6.45, 7) is 0. The summed E-state index contributed by atoms with van der Waals surface area (Å²) in [5.74, 6) is 0.326. The molecule has 0 unspecified atom stereocenters. The molecular weight excluding hydrogens is 348 g/mol. The molecule has 24 heavy (non-hydrogen) atoms. The van der Waals surface area contributed by atoms with Gasteiger partial charge in [0.05, 0.1) is 22.7 Å². The van der Waals surface area contributed by atoms with E-state index in [1.807, 2.05) is 12.1 Å². The first-order valence-corrected chi connectivity index (χ1v) is 8.17. The van der Waals surface area contributed by atoms with Crippen molar-refractivity contribution in [2.24, 2.45) is 4.99 Å². The van der Waals surface area contributed by atoms with E-state index in [0.29, 0.717) is 32.1 Å². The van der Waals surface area contributed by atoms with Gasteiger partial charge in [0, 0.05) is 11.6 Å². The average molecular weight is 361 g/mol. The number of aromatic hydroxyl groups is 1. The van der Waals surface area contributed by atoms with Crippen LogP contribution in [-0.2, 0) is 4.79 Å². The van der Waals surface area contributed by atoms with E-state index in [2.05, 4.69) is 10.3 Å². The number of aliphatic imine (C=N–C) groups is 1. The number of amidine groups is 1. The minimum Gasteiger partial charge on any atom is -0.508 e. The van der Waals surface area contributed by atoms with Crippen LogP contribution in [0.3, 0.4) is 0 Å². The van der Waals surface area contributed by atoms with E-state index in [-0.39, 0.29) is 11.7 Å². The molecule has 7 heteroatoms. The number of carbonyl (C=O) groups excluding carboxylic acids is 1. The van der Waals surface area contributed by atoms with Gasteiger partial charge in [-0.2, -0.15) is 0 Å². The van der Waals surface area contributed by atoms with Gasteiger partial charge in [0.1, 0.15) is 11.5 Å². The quantitative estimate of drug-likeness (QED) is 0.813. The second-order valence-corrected chi connectivity index (χ2v) is 6.30. The smallest absolute Gasteiger partial charge is 0.264 e. The second kappa shape index (κ2) is 6.98. The van der Waals surface area contributed by atoms with Gasteiger partial charge in [-0.1, -0.05) is 23.7 Å². The van der Waals surface area contributed by atoms with Crippen LogP contribution in [0.1, 0.15) is 5.56 Å². The molecule has 5 nitrogen and oxygen atoms in total. The highest BCUT2D eigenvalue weighted by atomic mass is 35.5. The largest absolute Gasteiger partial charge is 0.508 e. The zero-order valence-corrected chi connectivity index (χ0v) is 14.2. The molecule has 1 heterocycles. The molecule has 0 spiro atoms. The predicted octanol–water partition coefficient (Wildman–Crippen LogP) is 3.95. The Labute approximate surface area is 148 Å². The molecule has 0 atom stereocenters. The topological polar surface area (TPSA) is 70.9 Å². The summed E-state index contributed by atoms with van der Waals surface area (Å²) in [4.78, 5) is 17.0. The summed E-state index contributed by atoms with van der Waals surface area (Å²) < 4.78 is 5.22. The molecule has 2 aromatic carbocycles. The van der Waals surface area contributed by atoms with Crippen molar-refractivity contribution >= 4 is 46.2 Å². The summed E-state index contributed by atoms with van der Waals surface area (Å²) >= 11 is 7.29. The summed E-state index contributed by atoms with van der Waals surface area (Å²) in [7, 11) is 1.50. The number of phenolic OH excluding ortho intramolecular Hbond substituents is 1. The van der Waals surface area contributed by atoms with Crippen LogP contribution in [0.25, 0.3) is 6.08 Å². The first-order valence-electron chi connectivity index (χ1n) is 6.98. The number of hydrogen-bond donors (Lipinski definition) is 2. The number of nitrogens with zero attached hydrogens (tertiary/aromatic N) is 1. The van der Waals surface area contributed by atoms with Gasteiger partial charge in [-0.15, -0.1) is 0 Å². The lowest BCUT2D eigenvalue weighted by Gasteiger charge is -2.05. The lowest BCUT2D eigenvalue weighted by molar-refractivity contribution is -0.115. The number of benzene rings is 2. The van der Waals surface area contributed by atoms with Gasteiger partial charge < -0.3 is 15.2 Å². The van der Waals surface area contributed by atoms with E-state index < -0.39 is 0 Å². The maximum atomic E-state index is 12.1. The molecule has 122 valence electrons. The fraction of sp³-hybridized carbons (Fsp3) is 0.0588. The summed E-state index contributed by atoms with van der Waals surface area (Å²) in [6.07, 6.45) is 1.69. The van der Waals surface area contributed by atoms with Gasteiger partial charge in [-0.05, 0) is 42.1 Å². The SMILES string of the molecule is COc1cc(O)ccc1/C=C1\S/C(=N/c2ccccc2Cl)NC1=O. The van der Waals surface area contributed by atoms with Gasteiger partial charge in [-0.25, -0.2) is 4.99 Å². The summed E-state index contributed by atoms with van der Waals surface area (Å²) in [6, 6.07) is 11.8. The predicted molar refractivity (Wildman–Crippen MR) is 96.9 cm³/mol. The first kappa shape index (κ1) is 16.4. The van der Waals surface area contributed by atoms with Crippen LogP contribution in [-0.4, -0.2) is 23.3 Å². The molecule has 3 rings (SSSR count). The Morgan fingerprint density at radius 1 is 1.29 bits per heavy atom. The average Bonchev–Trinajstić information content (AvgIpc) is 2.91. The van der Waals surface area contributed by atoms with Gasteiger partial charge in [-0.3, -0.25) is 4.79 Å². The van der Waals surface area contributed by atoms with Crippen LogP contribution in [0.4, 0.5) is 5.69 Å². The molecule has 1 aliphatic heterocycles. The van der Waals surface area contributed by atoms with E-state index in [4.69, 9.17) is 16.3 Å². The Hall–Kier alpha value is -2.44. The molecular formula is C17H13ClN2O3S. The van der Waals surface area contributed by atoms with Crippen molar-refractivity contribution in [1.29, 1.82) is 0 Å². The number of thioether (sulfide) groups is 1. The highest BCUT2D eigenvalue weighted by Gasteiger charge is 2.24. The number of phenols is 1.